The van der Waals surface area contributed by atoms with Crippen LogP contribution in [0.15, 0.2) is 59.2 Å². The number of hydrogen-bond donors (Lipinski definition) is 0. The average Bonchev–Trinajstić information content (AvgIpc) is 2.87. The summed E-state index contributed by atoms with van der Waals surface area (Å²) in [5.41, 5.74) is 4.54. The first kappa shape index (κ1) is 13.5. The summed E-state index contributed by atoms with van der Waals surface area (Å²) in [5.74, 6) is 0. The van der Waals surface area contributed by atoms with E-state index in [2.05, 4.69) is 83.0 Å². The van der Waals surface area contributed by atoms with Gasteiger partial charge in [-0.1, -0.05) is 34.1 Å². The quantitative estimate of drug-likeness (QED) is 0.439. The Labute approximate surface area is 137 Å². The van der Waals surface area contributed by atoms with Gasteiger partial charge in [-0.15, -0.1) is 0 Å². The monoisotopic (exact) mass is 350 g/mol. The Kier molecular flexibility index (Phi) is 3.05. The number of aryl methyl sites for hydroxylation is 2. The molecule has 3 heteroatoms. The number of para-hydroxylation sites is 1. The minimum Gasteiger partial charge on any atom is -0.320 e. The summed E-state index contributed by atoms with van der Waals surface area (Å²) >= 11 is 3.50. The summed E-state index contributed by atoms with van der Waals surface area (Å²) in [6.07, 6.45) is 2.23. The molecule has 0 spiro atoms. The van der Waals surface area contributed by atoms with Crippen molar-refractivity contribution in [1.82, 2.24) is 9.55 Å². The van der Waals surface area contributed by atoms with Crippen molar-refractivity contribution in [2.24, 2.45) is 0 Å². The topological polar surface area (TPSA) is 17.8 Å². The van der Waals surface area contributed by atoms with E-state index in [1.165, 1.54) is 27.5 Å². The van der Waals surface area contributed by atoms with E-state index in [1.807, 2.05) is 6.07 Å². The maximum atomic E-state index is 4.76. The van der Waals surface area contributed by atoms with Gasteiger partial charge < -0.3 is 4.57 Å². The van der Waals surface area contributed by atoms with Crippen molar-refractivity contribution in [2.45, 2.75) is 13.8 Å². The predicted molar refractivity (Wildman–Crippen MR) is 95.8 cm³/mol. The van der Waals surface area contributed by atoms with Gasteiger partial charge in [0, 0.05) is 43.9 Å². The van der Waals surface area contributed by atoms with Crippen molar-refractivity contribution in [3.63, 3.8) is 0 Å². The normalized spacial score (nSPS) is 11.4. The molecule has 0 saturated heterocycles. The number of aromatic nitrogens is 2. The van der Waals surface area contributed by atoms with Gasteiger partial charge in [-0.2, -0.15) is 0 Å². The Bertz CT molecular complexity index is 997. The lowest BCUT2D eigenvalue weighted by Crippen LogP contribution is -1.94. The maximum Gasteiger partial charge on any atom is 0.0712 e. The molecular formula is C19H15BrN2. The fourth-order valence-electron chi connectivity index (χ4n) is 3.17. The predicted octanol–water partition coefficient (Wildman–Crippen LogP) is 5.56. The molecule has 0 aliphatic rings. The Morgan fingerprint density at radius 2 is 1.64 bits per heavy atom. The standard InChI is InChI=1S/C19H15BrN2/c1-12-19-13(2)22(15-9-7-14(20)8-10-15)11-17(19)16-5-3-4-6-18(16)21-12/h3-11H,1-2H3. The summed E-state index contributed by atoms with van der Waals surface area (Å²) in [4.78, 5) is 4.76. The SMILES string of the molecule is Cc1nc2ccccc2c2cn(-c3ccc(Br)cc3)c(C)c12. The number of fused-ring (bicyclic) bond motifs is 3. The molecule has 0 saturated carbocycles. The molecule has 4 rings (SSSR count). The number of nitrogens with zero attached hydrogens (tertiary/aromatic N) is 2. The fourth-order valence-corrected chi connectivity index (χ4v) is 3.44. The molecule has 108 valence electrons. The second kappa shape index (κ2) is 4.96. The average molecular weight is 351 g/mol. The summed E-state index contributed by atoms with van der Waals surface area (Å²) in [6.45, 7) is 4.25. The molecular weight excluding hydrogens is 336 g/mol. The molecule has 2 nitrogen and oxygen atoms in total. The van der Waals surface area contributed by atoms with E-state index >= 15 is 0 Å². The smallest absolute Gasteiger partial charge is 0.0712 e. The van der Waals surface area contributed by atoms with Crippen LogP contribution < -0.4 is 0 Å². The third-order valence-electron chi connectivity index (χ3n) is 4.20. The number of benzene rings is 2. The van der Waals surface area contributed by atoms with Gasteiger partial charge in [0.25, 0.3) is 0 Å². The second-order valence-electron chi connectivity index (χ2n) is 5.56. The van der Waals surface area contributed by atoms with E-state index in [4.69, 9.17) is 4.98 Å². The lowest BCUT2D eigenvalue weighted by Gasteiger charge is -2.06. The van der Waals surface area contributed by atoms with E-state index in [0.29, 0.717) is 0 Å². The van der Waals surface area contributed by atoms with Crippen LogP contribution in [0.5, 0.6) is 0 Å². The summed E-state index contributed by atoms with van der Waals surface area (Å²) in [6, 6.07) is 16.7. The highest BCUT2D eigenvalue weighted by Crippen LogP contribution is 2.31. The van der Waals surface area contributed by atoms with E-state index in [9.17, 15) is 0 Å². The van der Waals surface area contributed by atoms with Gasteiger partial charge in [0.2, 0.25) is 0 Å². The summed E-state index contributed by atoms with van der Waals surface area (Å²) in [7, 11) is 0. The lowest BCUT2D eigenvalue weighted by molar-refractivity contribution is 1.02. The van der Waals surface area contributed by atoms with Crippen LogP contribution in [0.1, 0.15) is 11.4 Å². The zero-order valence-corrected chi connectivity index (χ0v) is 14.1. The van der Waals surface area contributed by atoms with Crippen molar-refractivity contribution in [3.8, 4) is 5.69 Å². The lowest BCUT2D eigenvalue weighted by atomic mass is 10.1. The third-order valence-corrected chi connectivity index (χ3v) is 4.73. The molecule has 2 aromatic carbocycles. The molecule has 0 bridgehead atoms. The first-order valence-corrected chi connectivity index (χ1v) is 8.07. The van der Waals surface area contributed by atoms with Gasteiger partial charge in [-0.25, -0.2) is 0 Å². The highest BCUT2D eigenvalue weighted by molar-refractivity contribution is 9.10. The zero-order chi connectivity index (χ0) is 15.3. The van der Waals surface area contributed by atoms with E-state index in [-0.39, 0.29) is 0 Å². The number of hydrogen-bond acceptors (Lipinski definition) is 1. The fraction of sp³-hybridized carbons (Fsp3) is 0.105. The number of rotatable bonds is 1. The second-order valence-corrected chi connectivity index (χ2v) is 6.48. The van der Waals surface area contributed by atoms with Crippen LogP contribution in [-0.2, 0) is 0 Å². The van der Waals surface area contributed by atoms with E-state index in [0.717, 1.165) is 15.7 Å². The maximum absolute atomic E-state index is 4.76. The molecule has 0 amide bonds. The summed E-state index contributed by atoms with van der Waals surface area (Å²) < 4.78 is 3.34. The minimum absolute atomic E-state index is 1.06. The van der Waals surface area contributed by atoms with Crippen molar-refractivity contribution >= 4 is 37.6 Å². The molecule has 0 atom stereocenters. The first-order chi connectivity index (χ1) is 10.6. The molecule has 0 fully saturated rings. The summed E-state index contributed by atoms with van der Waals surface area (Å²) in [5, 5.41) is 3.73. The molecule has 0 aliphatic heterocycles. The Balaban J connectivity index is 2.10. The van der Waals surface area contributed by atoms with Crippen molar-refractivity contribution in [3.05, 3.63) is 70.6 Å². The van der Waals surface area contributed by atoms with Crippen LogP contribution in [0.2, 0.25) is 0 Å². The number of pyridine rings is 1. The first-order valence-electron chi connectivity index (χ1n) is 7.28. The Hall–Kier alpha value is -2.13. The van der Waals surface area contributed by atoms with Crippen molar-refractivity contribution in [1.29, 1.82) is 0 Å². The molecule has 2 heterocycles. The van der Waals surface area contributed by atoms with E-state index < -0.39 is 0 Å². The number of halogens is 1. The van der Waals surface area contributed by atoms with Gasteiger partial charge in [0.15, 0.2) is 0 Å². The van der Waals surface area contributed by atoms with Crippen LogP contribution >= 0.6 is 15.9 Å². The van der Waals surface area contributed by atoms with Crippen LogP contribution in [0, 0.1) is 13.8 Å². The van der Waals surface area contributed by atoms with Crippen LogP contribution in [0.4, 0.5) is 0 Å². The van der Waals surface area contributed by atoms with Gasteiger partial charge in [0.1, 0.15) is 0 Å². The van der Waals surface area contributed by atoms with Crippen molar-refractivity contribution < 1.29 is 0 Å². The largest absolute Gasteiger partial charge is 0.320 e. The minimum atomic E-state index is 1.06. The molecule has 22 heavy (non-hydrogen) atoms. The highest BCUT2D eigenvalue weighted by atomic mass is 79.9. The zero-order valence-electron chi connectivity index (χ0n) is 12.5. The van der Waals surface area contributed by atoms with Gasteiger partial charge in [0.05, 0.1) is 5.52 Å². The Morgan fingerprint density at radius 3 is 2.41 bits per heavy atom. The highest BCUT2D eigenvalue weighted by Gasteiger charge is 2.13. The molecule has 0 aliphatic carbocycles. The molecule has 0 radical (unpaired) electrons. The van der Waals surface area contributed by atoms with Crippen LogP contribution in [-0.4, -0.2) is 9.55 Å². The van der Waals surface area contributed by atoms with E-state index in [1.54, 1.807) is 0 Å². The van der Waals surface area contributed by atoms with Gasteiger partial charge >= 0.3 is 0 Å². The van der Waals surface area contributed by atoms with Crippen molar-refractivity contribution in [2.75, 3.05) is 0 Å². The van der Waals surface area contributed by atoms with Crippen LogP contribution in [0.3, 0.4) is 0 Å². The van der Waals surface area contributed by atoms with Gasteiger partial charge in [-0.05, 0) is 44.2 Å². The molecule has 0 unspecified atom stereocenters. The third kappa shape index (κ3) is 1.97. The molecule has 2 aromatic heterocycles. The molecule has 4 aromatic rings. The molecule has 0 N–H and O–H groups in total. The van der Waals surface area contributed by atoms with Gasteiger partial charge in [-0.3, -0.25) is 4.98 Å². The van der Waals surface area contributed by atoms with Crippen LogP contribution in [0.25, 0.3) is 27.4 Å². The Morgan fingerprint density at radius 1 is 0.909 bits per heavy atom.